The van der Waals surface area contributed by atoms with Gasteiger partial charge in [-0.25, -0.2) is 0 Å². The molecule has 0 saturated carbocycles. The zero-order chi connectivity index (χ0) is 17.2. The minimum atomic E-state index is -0.413. The minimum Gasteiger partial charge on any atom is -0.480 e. The topological polar surface area (TPSA) is 41.6 Å². The van der Waals surface area contributed by atoms with Crippen molar-refractivity contribution in [2.24, 2.45) is 0 Å². The van der Waals surface area contributed by atoms with Crippen molar-refractivity contribution >= 4 is 5.91 Å². The summed E-state index contributed by atoms with van der Waals surface area (Å²) in [6.45, 7) is 8.21. The summed E-state index contributed by atoms with van der Waals surface area (Å²) in [6.07, 6.45) is 6.62. The van der Waals surface area contributed by atoms with Gasteiger partial charge in [0.2, 0.25) is 0 Å². The quantitative estimate of drug-likeness (QED) is 0.741. The first-order valence-corrected chi connectivity index (χ1v) is 9.43. The van der Waals surface area contributed by atoms with Crippen molar-refractivity contribution in [2.45, 2.75) is 58.5 Å². The van der Waals surface area contributed by atoms with Crippen molar-refractivity contribution in [2.75, 3.05) is 26.2 Å². The average molecular weight is 332 g/mol. The lowest BCUT2D eigenvalue weighted by atomic mass is 10.2. The van der Waals surface area contributed by atoms with Crippen LogP contribution in [0.2, 0.25) is 0 Å². The second-order valence-electron chi connectivity index (χ2n) is 6.68. The molecule has 0 aromatic heterocycles. The van der Waals surface area contributed by atoms with E-state index in [1.807, 2.05) is 38.1 Å². The van der Waals surface area contributed by atoms with E-state index < -0.39 is 6.10 Å². The van der Waals surface area contributed by atoms with E-state index >= 15 is 0 Å². The van der Waals surface area contributed by atoms with Gasteiger partial charge in [0.15, 0.2) is 6.10 Å². The van der Waals surface area contributed by atoms with Gasteiger partial charge < -0.3 is 15.0 Å². The fourth-order valence-electron chi connectivity index (χ4n) is 3.15. The van der Waals surface area contributed by atoms with Crippen molar-refractivity contribution < 1.29 is 9.53 Å². The highest BCUT2D eigenvalue weighted by molar-refractivity contribution is 5.81. The molecular formula is C20H32N2O2. The summed E-state index contributed by atoms with van der Waals surface area (Å²) in [7, 11) is 0. The van der Waals surface area contributed by atoms with Crippen LogP contribution < -0.4 is 10.1 Å². The number of carbonyl (C=O) groups excluding carboxylic acids is 1. The summed E-state index contributed by atoms with van der Waals surface area (Å²) in [4.78, 5) is 14.9. The second-order valence-corrected chi connectivity index (χ2v) is 6.68. The van der Waals surface area contributed by atoms with Gasteiger partial charge in [-0.05, 0) is 63.9 Å². The van der Waals surface area contributed by atoms with E-state index in [1.54, 1.807) is 0 Å². The first-order chi connectivity index (χ1) is 11.7. The van der Waals surface area contributed by atoms with Crippen molar-refractivity contribution in [1.29, 1.82) is 0 Å². The SMILES string of the molecule is CC[C@@H](Oc1ccccc1C)C(=O)NCCCN1CCCCCC1. The Morgan fingerprint density at radius 3 is 2.58 bits per heavy atom. The van der Waals surface area contributed by atoms with Crippen LogP contribution in [0.4, 0.5) is 0 Å². The molecule has 0 bridgehead atoms. The fraction of sp³-hybridized carbons (Fsp3) is 0.650. The molecule has 1 amide bonds. The molecule has 1 aliphatic heterocycles. The van der Waals surface area contributed by atoms with E-state index in [2.05, 4.69) is 10.2 Å². The highest BCUT2D eigenvalue weighted by atomic mass is 16.5. The van der Waals surface area contributed by atoms with Gasteiger partial charge in [0, 0.05) is 6.54 Å². The van der Waals surface area contributed by atoms with Gasteiger partial charge in [0.25, 0.3) is 5.91 Å². The summed E-state index contributed by atoms with van der Waals surface area (Å²) in [5, 5.41) is 3.04. The van der Waals surface area contributed by atoms with Gasteiger partial charge in [0.1, 0.15) is 5.75 Å². The Morgan fingerprint density at radius 2 is 1.92 bits per heavy atom. The maximum absolute atomic E-state index is 12.3. The fourth-order valence-corrected chi connectivity index (χ4v) is 3.15. The lowest BCUT2D eigenvalue weighted by molar-refractivity contribution is -0.128. The summed E-state index contributed by atoms with van der Waals surface area (Å²) < 4.78 is 5.90. The molecule has 1 N–H and O–H groups in total. The summed E-state index contributed by atoms with van der Waals surface area (Å²) in [6, 6.07) is 7.84. The molecular weight excluding hydrogens is 300 g/mol. The molecule has 2 rings (SSSR count). The van der Waals surface area contributed by atoms with Crippen LogP contribution in [0.5, 0.6) is 5.75 Å². The molecule has 0 unspecified atom stereocenters. The van der Waals surface area contributed by atoms with Crippen molar-refractivity contribution in [3.63, 3.8) is 0 Å². The molecule has 1 heterocycles. The third-order valence-corrected chi connectivity index (χ3v) is 4.68. The van der Waals surface area contributed by atoms with Gasteiger partial charge in [-0.15, -0.1) is 0 Å². The number of aryl methyl sites for hydroxylation is 1. The number of para-hydroxylation sites is 1. The van der Waals surface area contributed by atoms with Crippen LogP contribution in [0.3, 0.4) is 0 Å². The average Bonchev–Trinajstić information content (AvgIpc) is 2.86. The summed E-state index contributed by atoms with van der Waals surface area (Å²) >= 11 is 0. The number of nitrogens with one attached hydrogen (secondary N) is 1. The second kappa shape index (κ2) is 10.3. The zero-order valence-electron chi connectivity index (χ0n) is 15.2. The van der Waals surface area contributed by atoms with Gasteiger partial charge in [-0.3, -0.25) is 4.79 Å². The van der Waals surface area contributed by atoms with Crippen LogP contribution in [0, 0.1) is 6.92 Å². The number of benzene rings is 1. The standard InChI is InChI=1S/C20H32N2O2/c1-3-18(24-19-12-7-6-11-17(19)2)20(23)21-13-10-16-22-14-8-4-5-9-15-22/h6-7,11-12,18H,3-5,8-10,13-16H2,1-2H3,(H,21,23)/t18-/m1/s1. The Hall–Kier alpha value is -1.55. The molecule has 1 atom stereocenters. The van der Waals surface area contributed by atoms with Crippen LogP contribution in [0.15, 0.2) is 24.3 Å². The molecule has 1 aromatic rings. The van der Waals surface area contributed by atoms with Gasteiger partial charge in [-0.1, -0.05) is 38.0 Å². The molecule has 24 heavy (non-hydrogen) atoms. The summed E-state index contributed by atoms with van der Waals surface area (Å²) in [5.74, 6) is 0.792. The maximum Gasteiger partial charge on any atom is 0.261 e. The van der Waals surface area contributed by atoms with Crippen molar-refractivity contribution in [3.8, 4) is 5.75 Å². The number of amides is 1. The lowest BCUT2D eigenvalue weighted by Crippen LogP contribution is -2.39. The Balaban J connectivity index is 1.70. The van der Waals surface area contributed by atoms with Crippen LogP contribution in [0.25, 0.3) is 0 Å². The minimum absolute atomic E-state index is 0.00313. The number of hydrogen-bond donors (Lipinski definition) is 1. The number of ether oxygens (including phenoxy) is 1. The van der Waals surface area contributed by atoms with Crippen LogP contribution in [-0.2, 0) is 4.79 Å². The Labute approximate surface area is 146 Å². The molecule has 1 aromatic carbocycles. The van der Waals surface area contributed by atoms with E-state index in [4.69, 9.17) is 4.74 Å². The Morgan fingerprint density at radius 1 is 1.21 bits per heavy atom. The molecule has 0 aliphatic carbocycles. The largest absolute Gasteiger partial charge is 0.480 e. The molecule has 1 saturated heterocycles. The van der Waals surface area contributed by atoms with Gasteiger partial charge in [-0.2, -0.15) is 0 Å². The normalized spacial score (nSPS) is 17.1. The molecule has 1 aliphatic rings. The van der Waals surface area contributed by atoms with Crippen LogP contribution in [0.1, 0.15) is 51.0 Å². The smallest absolute Gasteiger partial charge is 0.261 e. The molecule has 4 heteroatoms. The number of carbonyl (C=O) groups is 1. The van der Waals surface area contributed by atoms with E-state index in [9.17, 15) is 4.79 Å². The molecule has 4 nitrogen and oxygen atoms in total. The first kappa shape index (κ1) is 18.8. The molecule has 0 spiro atoms. The highest BCUT2D eigenvalue weighted by Crippen LogP contribution is 2.18. The lowest BCUT2D eigenvalue weighted by Gasteiger charge is -2.21. The first-order valence-electron chi connectivity index (χ1n) is 9.43. The number of likely N-dealkylation sites (tertiary alicyclic amines) is 1. The Bertz CT molecular complexity index is 496. The van der Waals surface area contributed by atoms with Crippen LogP contribution in [-0.4, -0.2) is 43.1 Å². The van der Waals surface area contributed by atoms with E-state index in [1.165, 1.54) is 38.8 Å². The monoisotopic (exact) mass is 332 g/mol. The molecule has 0 radical (unpaired) electrons. The summed E-state index contributed by atoms with van der Waals surface area (Å²) in [5.41, 5.74) is 1.06. The third-order valence-electron chi connectivity index (χ3n) is 4.68. The Kier molecular flexibility index (Phi) is 8.10. The van der Waals surface area contributed by atoms with Crippen LogP contribution >= 0.6 is 0 Å². The van der Waals surface area contributed by atoms with E-state index in [0.29, 0.717) is 6.42 Å². The number of hydrogen-bond acceptors (Lipinski definition) is 3. The number of rotatable bonds is 8. The predicted molar refractivity (Wildman–Crippen MR) is 98.4 cm³/mol. The maximum atomic E-state index is 12.3. The highest BCUT2D eigenvalue weighted by Gasteiger charge is 2.18. The van der Waals surface area contributed by atoms with E-state index in [0.717, 1.165) is 30.8 Å². The van der Waals surface area contributed by atoms with E-state index in [-0.39, 0.29) is 5.91 Å². The zero-order valence-corrected chi connectivity index (χ0v) is 15.2. The van der Waals surface area contributed by atoms with Gasteiger partial charge in [0.05, 0.1) is 0 Å². The molecule has 134 valence electrons. The number of nitrogens with zero attached hydrogens (tertiary/aromatic N) is 1. The van der Waals surface area contributed by atoms with Gasteiger partial charge >= 0.3 is 0 Å². The van der Waals surface area contributed by atoms with Crippen molar-refractivity contribution in [1.82, 2.24) is 10.2 Å². The predicted octanol–water partition coefficient (Wildman–Crippen LogP) is 3.53. The van der Waals surface area contributed by atoms with Crippen molar-refractivity contribution in [3.05, 3.63) is 29.8 Å². The third kappa shape index (κ3) is 6.16. The molecule has 1 fully saturated rings.